The van der Waals surface area contributed by atoms with Crippen LogP contribution in [0, 0.1) is 17.0 Å². The highest BCUT2D eigenvalue weighted by Crippen LogP contribution is 2.53. The SMILES string of the molecule is CCOC(=O)C1=Cc2cc(OC(F)(F)F)cc(C)c2OC1(SCCO[N+](=O)[O-])C(F)(F)F. The lowest BCUT2D eigenvalue weighted by Crippen LogP contribution is -2.53. The van der Waals surface area contributed by atoms with Crippen LogP contribution >= 0.6 is 11.8 Å². The van der Waals surface area contributed by atoms with Crippen molar-refractivity contribution in [1.29, 1.82) is 0 Å². The quantitative estimate of drug-likeness (QED) is 0.173. The molecule has 1 aromatic carbocycles. The van der Waals surface area contributed by atoms with E-state index in [0.717, 1.165) is 12.1 Å². The van der Waals surface area contributed by atoms with Gasteiger partial charge >= 0.3 is 18.5 Å². The second kappa shape index (κ2) is 9.34. The number of halogens is 6. The minimum Gasteiger partial charge on any atom is -0.462 e. The zero-order chi connectivity index (χ0) is 24.3. The number of fused-ring (bicyclic) bond motifs is 1. The monoisotopic (exact) mass is 491 g/mol. The van der Waals surface area contributed by atoms with E-state index >= 15 is 0 Å². The Bertz CT molecular complexity index is 918. The molecule has 8 nitrogen and oxygen atoms in total. The molecule has 1 unspecified atom stereocenters. The number of esters is 1. The summed E-state index contributed by atoms with van der Waals surface area (Å²) in [6, 6.07) is 1.58. The fraction of sp³-hybridized carbons (Fsp3) is 0.471. The van der Waals surface area contributed by atoms with E-state index in [0.29, 0.717) is 6.08 Å². The Labute approximate surface area is 180 Å². The maximum absolute atomic E-state index is 14.2. The fourth-order valence-corrected chi connectivity index (χ4v) is 3.80. The lowest BCUT2D eigenvalue weighted by molar-refractivity contribution is -0.756. The molecule has 0 spiro atoms. The highest BCUT2D eigenvalue weighted by Gasteiger charge is 2.64. The Hall–Kier alpha value is -2.84. The highest BCUT2D eigenvalue weighted by atomic mass is 32.2. The summed E-state index contributed by atoms with van der Waals surface area (Å²) < 4.78 is 94.0. The molecule has 32 heavy (non-hydrogen) atoms. The number of benzene rings is 1. The van der Waals surface area contributed by atoms with Crippen LogP contribution in [0.5, 0.6) is 11.5 Å². The van der Waals surface area contributed by atoms with Gasteiger partial charge in [-0.3, -0.25) is 0 Å². The van der Waals surface area contributed by atoms with Crippen LogP contribution in [0.3, 0.4) is 0 Å². The molecule has 0 fully saturated rings. The van der Waals surface area contributed by atoms with Crippen molar-refractivity contribution >= 4 is 23.8 Å². The lowest BCUT2D eigenvalue weighted by atomic mass is 9.98. The molecule has 0 N–H and O–H groups in total. The van der Waals surface area contributed by atoms with Gasteiger partial charge in [-0.2, -0.15) is 13.2 Å². The lowest BCUT2D eigenvalue weighted by Gasteiger charge is -2.39. The van der Waals surface area contributed by atoms with Gasteiger partial charge in [0.2, 0.25) is 0 Å². The van der Waals surface area contributed by atoms with Crippen LogP contribution in [-0.4, -0.2) is 47.5 Å². The summed E-state index contributed by atoms with van der Waals surface area (Å²) in [6.07, 6.45) is -9.61. The van der Waals surface area contributed by atoms with E-state index in [1.807, 2.05) is 0 Å². The van der Waals surface area contributed by atoms with Crippen molar-refractivity contribution < 1.29 is 55.3 Å². The molecule has 0 amide bonds. The summed E-state index contributed by atoms with van der Waals surface area (Å²) in [5.74, 6) is -3.24. The molecule has 1 aliphatic rings. The van der Waals surface area contributed by atoms with Crippen molar-refractivity contribution in [3.8, 4) is 11.5 Å². The molecule has 0 aliphatic carbocycles. The molecule has 0 aromatic heterocycles. The summed E-state index contributed by atoms with van der Waals surface area (Å²) in [4.78, 5) is 23.3. The van der Waals surface area contributed by atoms with E-state index in [1.165, 1.54) is 13.8 Å². The van der Waals surface area contributed by atoms with Gasteiger partial charge in [-0.15, -0.1) is 23.3 Å². The van der Waals surface area contributed by atoms with Crippen LogP contribution < -0.4 is 9.47 Å². The Morgan fingerprint density at radius 1 is 1.25 bits per heavy atom. The molecular formula is C17H15F6NO7S. The van der Waals surface area contributed by atoms with Gasteiger partial charge in [0, 0.05) is 11.3 Å². The first kappa shape index (κ1) is 25.4. The van der Waals surface area contributed by atoms with Crippen molar-refractivity contribution in [2.75, 3.05) is 19.0 Å². The summed E-state index contributed by atoms with van der Waals surface area (Å²) in [5, 5.41) is 9.07. The first-order valence-corrected chi connectivity index (χ1v) is 9.65. The number of rotatable bonds is 8. The third-order valence-corrected chi connectivity index (χ3v) is 5.18. The molecule has 1 heterocycles. The van der Waals surface area contributed by atoms with Crippen LogP contribution in [0.4, 0.5) is 26.3 Å². The second-order valence-corrected chi connectivity index (χ2v) is 7.38. The van der Waals surface area contributed by atoms with Crippen LogP contribution in [0.1, 0.15) is 18.1 Å². The second-order valence-electron chi connectivity index (χ2n) is 6.11. The number of nitrogens with zero attached hydrogens (tertiary/aromatic N) is 1. The van der Waals surface area contributed by atoms with Gasteiger partial charge in [-0.05, 0) is 37.6 Å². The van der Waals surface area contributed by atoms with Crippen molar-refractivity contribution in [3.63, 3.8) is 0 Å². The van der Waals surface area contributed by atoms with Gasteiger partial charge in [-0.25, -0.2) is 4.79 Å². The molecule has 15 heteroatoms. The van der Waals surface area contributed by atoms with Crippen molar-refractivity contribution in [1.82, 2.24) is 0 Å². The minimum absolute atomic E-state index is 0.0145. The Morgan fingerprint density at radius 2 is 1.91 bits per heavy atom. The topological polar surface area (TPSA) is 97.1 Å². The largest absolute Gasteiger partial charge is 0.573 e. The van der Waals surface area contributed by atoms with E-state index in [4.69, 9.17) is 4.74 Å². The third-order valence-electron chi connectivity index (χ3n) is 3.86. The molecular weight excluding hydrogens is 476 g/mol. The molecule has 1 aliphatic heterocycles. The third kappa shape index (κ3) is 5.69. The molecule has 0 saturated heterocycles. The van der Waals surface area contributed by atoms with E-state index in [9.17, 15) is 41.3 Å². The average molecular weight is 491 g/mol. The van der Waals surface area contributed by atoms with E-state index in [2.05, 4.69) is 14.3 Å². The van der Waals surface area contributed by atoms with Gasteiger partial charge in [-0.1, -0.05) is 11.8 Å². The standard InChI is InChI=1S/C17H15F6NO7S/c1-3-28-14(25)12-8-10-7-11(30-17(21,22)23)6-9(2)13(10)31-15(12,16(18,19)20)32-5-4-29-24(26)27/h6-8H,3-5H2,1-2H3. The van der Waals surface area contributed by atoms with Crippen molar-refractivity contribution in [3.05, 3.63) is 38.9 Å². The first-order valence-electron chi connectivity index (χ1n) is 8.67. The Kier molecular flexibility index (Phi) is 7.42. The maximum Gasteiger partial charge on any atom is 0.573 e. The number of ether oxygens (including phenoxy) is 3. The molecule has 1 aromatic rings. The predicted molar refractivity (Wildman–Crippen MR) is 97.3 cm³/mol. The number of hydrogen-bond acceptors (Lipinski definition) is 8. The molecule has 178 valence electrons. The Balaban J connectivity index is 2.60. The van der Waals surface area contributed by atoms with Crippen molar-refractivity contribution in [2.45, 2.75) is 31.3 Å². The van der Waals surface area contributed by atoms with Gasteiger partial charge < -0.3 is 19.0 Å². The number of carbonyl (C=O) groups is 1. The van der Waals surface area contributed by atoms with Crippen LogP contribution in [0.2, 0.25) is 0 Å². The number of hydrogen-bond donors (Lipinski definition) is 0. The molecule has 1 atom stereocenters. The van der Waals surface area contributed by atoms with Crippen LogP contribution in [-0.2, 0) is 14.4 Å². The first-order chi connectivity index (χ1) is 14.7. The van der Waals surface area contributed by atoms with Gasteiger partial charge in [0.25, 0.3) is 10.0 Å². The molecule has 0 radical (unpaired) electrons. The summed E-state index contributed by atoms with van der Waals surface area (Å²) in [7, 11) is 0. The normalized spacial score (nSPS) is 18.2. The van der Waals surface area contributed by atoms with Gasteiger partial charge in [0.1, 0.15) is 23.7 Å². The number of alkyl halides is 6. The Morgan fingerprint density at radius 3 is 2.44 bits per heavy atom. The highest BCUT2D eigenvalue weighted by molar-refractivity contribution is 8.00. The fourth-order valence-electron chi connectivity index (χ4n) is 2.75. The average Bonchev–Trinajstić information content (AvgIpc) is 2.62. The van der Waals surface area contributed by atoms with E-state index in [-0.39, 0.29) is 29.5 Å². The predicted octanol–water partition coefficient (Wildman–Crippen LogP) is 4.43. The smallest absolute Gasteiger partial charge is 0.462 e. The molecule has 2 rings (SSSR count). The number of aryl methyl sites for hydroxylation is 1. The summed E-state index contributed by atoms with van der Waals surface area (Å²) >= 11 is -0.0145. The van der Waals surface area contributed by atoms with Gasteiger partial charge in [0.15, 0.2) is 0 Å². The zero-order valence-corrected chi connectivity index (χ0v) is 17.2. The summed E-state index contributed by atoms with van der Waals surface area (Å²) in [5.41, 5.74) is -1.49. The zero-order valence-electron chi connectivity index (χ0n) is 16.3. The molecule has 0 bridgehead atoms. The molecule has 0 saturated carbocycles. The number of carbonyl (C=O) groups excluding carboxylic acids is 1. The number of thioether (sulfide) groups is 1. The maximum atomic E-state index is 14.2. The summed E-state index contributed by atoms with van der Waals surface area (Å²) in [6.45, 7) is 1.47. The van der Waals surface area contributed by atoms with E-state index in [1.54, 1.807) is 0 Å². The van der Waals surface area contributed by atoms with Crippen molar-refractivity contribution in [2.24, 2.45) is 0 Å². The minimum atomic E-state index is -5.24. The van der Waals surface area contributed by atoms with Gasteiger partial charge in [0.05, 0.1) is 6.61 Å². The van der Waals surface area contributed by atoms with Crippen LogP contribution in [0.25, 0.3) is 6.08 Å². The van der Waals surface area contributed by atoms with Crippen LogP contribution in [0.15, 0.2) is 17.7 Å². The van der Waals surface area contributed by atoms with E-state index < -0.39 is 58.0 Å².